The van der Waals surface area contributed by atoms with Crippen LogP contribution in [0.15, 0.2) is 34.3 Å². The summed E-state index contributed by atoms with van der Waals surface area (Å²) in [6, 6.07) is 6.31. The third kappa shape index (κ3) is 4.72. The second kappa shape index (κ2) is 8.96. The number of hydrogen-bond donors (Lipinski definition) is 1. The molecule has 1 amide bonds. The molecule has 29 heavy (non-hydrogen) atoms. The predicted octanol–water partition coefficient (Wildman–Crippen LogP) is 3.94. The molecule has 3 fully saturated rings. The molecule has 1 aliphatic heterocycles. The van der Waals surface area contributed by atoms with Crippen molar-refractivity contribution < 1.29 is 13.2 Å². The van der Waals surface area contributed by atoms with Gasteiger partial charge >= 0.3 is 0 Å². The highest BCUT2D eigenvalue weighted by molar-refractivity contribution is 7.89. The lowest BCUT2D eigenvalue weighted by Gasteiger charge is -2.35. The number of carbonyl (C=O) groups is 1. The lowest BCUT2D eigenvalue weighted by atomic mass is 9.70. The Labute approximate surface area is 173 Å². The minimum Gasteiger partial charge on any atom is -0.267 e. The van der Waals surface area contributed by atoms with E-state index in [4.69, 9.17) is 0 Å². The fourth-order valence-electron chi connectivity index (χ4n) is 5.04. The van der Waals surface area contributed by atoms with Gasteiger partial charge in [-0.3, -0.25) is 4.79 Å². The van der Waals surface area contributed by atoms with Gasteiger partial charge in [0.15, 0.2) is 0 Å². The average Bonchev–Trinajstić information content (AvgIpc) is 2.78. The van der Waals surface area contributed by atoms with Gasteiger partial charge < -0.3 is 0 Å². The molecule has 2 saturated carbocycles. The highest BCUT2D eigenvalue weighted by atomic mass is 32.2. The van der Waals surface area contributed by atoms with Gasteiger partial charge in [-0.2, -0.15) is 9.41 Å². The minimum atomic E-state index is -3.55. The van der Waals surface area contributed by atoms with Crippen LogP contribution in [0.25, 0.3) is 0 Å². The average molecular weight is 418 g/mol. The summed E-state index contributed by atoms with van der Waals surface area (Å²) in [5.74, 6) is 1.19. The number of rotatable bonds is 4. The Bertz CT molecular complexity index is 875. The number of carbonyl (C=O) groups excluding carboxylic acids is 1. The van der Waals surface area contributed by atoms with Crippen molar-refractivity contribution in [2.24, 2.45) is 16.9 Å². The largest absolute Gasteiger partial charge is 0.271 e. The molecule has 0 unspecified atom stereocenters. The monoisotopic (exact) mass is 417 g/mol. The molecule has 0 bridgehead atoms. The van der Waals surface area contributed by atoms with Crippen molar-refractivity contribution in [3.8, 4) is 0 Å². The van der Waals surface area contributed by atoms with Crippen molar-refractivity contribution >= 4 is 21.6 Å². The van der Waals surface area contributed by atoms with E-state index in [9.17, 15) is 13.2 Å². The second-order valence-corrected chi connectivity index (χ2v) is 10.6. The molecule has 7 heteroatoms. The number of sulfonamides is 1. The Morgan fingerprint density at radius 2 is 1.76 bits per heavy atom. The zero-order chi connectivity index (χ0) is 20.3. The number of amides is 1. The van der Waals surface area contributed by atoms with Crippen molar-refractivity contribution in [3.63, 3.8) is 0 Å². The van der Waals surface area contributed by atoms with Crippen molar-refractivity contribution in [1.29, 1.82) is 0 Å². The molecule has 2 aliphatic carbocycles. The molecule has 1 saturated heterocycles. The van der Waals surface area contributed by atoms with E-state index in [1.165, 1.54) is 42.5 Å². The first kappa shape index (κ1) is 20.5. The molecule has 2 atom stereocenters. The molecular weight excluding hydrogens is 386 g/mol. The van der Waals surface area contributed by atoms with Gasteiger partial charge in [-0.1, -0.05) is 31.7 Å². The summed E-state index contributed by atoms with van der Waals surface area (Å²) >= 11 is 0. The van der Waals surface area contributed by atoms with E-state index >= 15 is 0 Å². The van der Waals surface area contributed by atoms with Gasteiger partial charge in [0.1, 0.15) is 0 Å². The van der Waals surface area contributed by atoms with Crippen LogP contribution < -0.4 is 5.43 Å². The third-order valence-electron chi connectivity index (χ3n) is 6.73. The number of hydrazone groups is 1. The summed E-state index contributed by atoms with van der Waals surface area (Å²) in [6.07, 6.45) is 11.2. The summed E-state index contributed by atoms with van der Waals surface area (Å²) < 4.78 is 27.3. The van der Waals surface area contributed by atoms with E-state index in [1.807, 2.05) is 0 Å². The van der Waals surface area contributed by atoms with Gasteiger partial charge in [0.2, 0.25) is 10.0 Å². The Balaban J connectivity index is 1.42. The first-order valence-electron chi connectivity index (χ1n) is 11.0. The summed E-state index contributed by atoms with van der Waals surface area (Å²) in [5.41, 5.74) is 4.06. The second-order valence-electron chi connectivity index (χ2n) is 8.66. The fourth-order valence-corrected chi connectivity index (χ4v) is 6.60. The van der Waals surface area contributed by atoms with E-state index in [2.05, 4.69) is 10.5 Å². The highest BCUT2D eigenvalue weighted by Crippen LogP contribution is 2.39. The smallest absolute Gasteiger partial charge is 0.267 e. The lowest BCUT2D eigenvalue weighted by molar-refractivity contribution is 0.0954. The van der Waals surface area contributed by atoms with Crippen LogP contribution in [-0.2, 0) is 10.0 Å². The van der Waals surface area contributed by atoms with Crippen LogP contribution in [0.2, 0.25) is 0 Å². The predicted molar refractivity (Wildman–Crippen MR) is 113 cm³/mol. The van der Waals surface area contributed by atoms with Crippen LogP contribution in [0.3, 0.4) is 0 Å². The molecule has 3 aliphatic rings. The van der Waals surface area contributed by atoms with Gasteiger partial charge in [0, 0.05) is 24.4 Å². The quantitative estimate of drug-likeness (QED) is 0.754. The summed E-state index contributed by atoms with van der Waals surface area (Å²) in [4.78, 5) is 12.8. The lowest BCUT2D eigenvalue weighted by Crippen LogP contribution is -2.35. The van der Waals surface area contributed by atoms with Crippen LogP contribution in [0.1, 0.15) is 74.6 Å². The SMILES string of the molecule is O=C(N/N=C1/CC[C@H]2CCCC[C@@H]2C1)c1cccc(S(=O)(=O)N2CCCCC2)c1. The molecule has 1 heterocycles. The Kier molecular flexibility index (Phi) is 6.35. The van der Waals surface area contributed by atoms with Gasteiger partial charge in [-0.05, 0) is 68.6 Å². The molecule has 0 radical (unpaired) electrons. The number of piperidine rings is 1. The molecule has 158 valence electrons. The van der Waals surface area contributed by atoms with Gasteiger partial charge in [0.25, 0.3) is 5.91 Å². The van der Waals surface area contributed by atoms with E-state index in [-0.39, 0.29) is 10.8 Å². The van der Waals surface area contributed by atoms with Crippen LogP contribution in [-0.4, -0.2) is 37.4 Å². The first-order valence-corrected chi connectivity index (χ1v) is 12.4. The summed E-state index contributed by atoms with van der Waals surface area (Å²) in [7, 11) is -3.55. The number of nitrogens with one attached hydrogen (secondary N) is 1. The zero-order valence-electron chi connectivity index (χ0n) is 17.0. The number of fused-ring (bicyclic) bond motifs is 1. The molecular formula is C22H31N3O3S. The summed E-state index contributed by atoms with van der Waals surface area (Å²) in [5, 5.41) is 4.39. The molecule has 1 aromatic rings. The fraction of sp³-hybridized carbons (Fsp3) is 0.636. The number of benzene rings is 1. The van der Waals surface area contributed by atoms with Crippen molar-refractivity contribution in [2.45, 2.75) is 69.1 Å². The van der Waals surface area contributed by atoms with Crippen LogP contribution in [0.5, 0.6) is 0 Å². The highest BCUT2D eigenvalue weighted by Gasteiger charge is 2.30. The van der Waals surface area contributed by atoms with E-state index < -0.39 is 10.0 Å². The Hall–Kier alpha value is -1.73. The number of hydrogen-bond acceptors (Lipinski definition) is 4. The van der Waals surface area contributed by atoms with Crippen molar-refractivity contribution in [2.75, 3.05) is 13.1 Å². The van der Waals surface area contributed by atoms with Gasteiger partial charge in [-0.25, -0.2) is 13.8 Å². The van der Waals surface area contributed by atoms with Crippen molar-refractivity contribution in [3.05, 3.63) is 29.8 Å². The minimum absolute atomic E-state index is 0.183. The Morgan fingerprint density at radius 1 is 1.00 bits per heavy atom. The molecule has 0 aromatic heterocycles. The van der Waals surface area contributed by atoms with Crippen LogP contribution in [0, 0.1) is 11.8 Å². The van der Waals surface area contributed by atoms with E-state index in [0.717, 1.165) is 43.7 Å². The third-order valence-corrected chi connectivity index (χ3v) is 8.63. The maximum atomic E-state index is 12.9. The molecule has 6 nitrogen and oxygen atoms in total. The normalized spacial score (nSPS) is 27.4. The van der Waals surface area contributed by atoms with Crippen LogP contribution in [0.4, 0.5) is 0 Å². The van der Waals surface area contributed by atoms with E-state index in [0.29, 0.717) is 24.6 Å². The molecule has 0 spiro atoms. The zero-order valence-corrected chi connectivity index (χ0v) is 17.8. The molecule has 1 aromatic carbocycles. The number of nitrogens with zero attached hydrogens (tertiary/aromatic N) is 2. The summed E-state index contributed by atoms with van der Waals surface area (Å²) in [6.45, 7) is 1.10. The maximum Gasteiger partial charge on any atom is 0.271 e. The molecule has 1 N–H and O–H groups in total. The maximum absolute atomic E-state index is 12.9. The van der Waals surface area contributed by atoms with E-state index in [1.54, 1.807) is 18.2 Å². The molecule has 4 rings (SSSR count). The Morgan fingerprint density at radius 3 is 2.55 bits per heavy atom. The standard InChI is InChI=1S/C22H31N3O3S/c26-22(24-23-20-12-11-17-7-2-3-8-18(17)15-20)19-9-6-10-21(16-19)29(27,28)25-13-4-1-5-14-25/h6,9-10,16-18H,1-5,7-8,11-15H2,(H,24,26)/b23-20-/t17-,18-/m1/s1. The van der Waals surface area contributed by atoms with Gasteiger partial charge in [-0.15, -0.1) is 0 Å². The van der Waals surface area contributed by atoms with Crippen LogP contribution >= 0.6 is 0 Å². The first-order chi connectivity index (χ1) is 14.0. The van der Waals surface area contributed by atoms with Gasteiger partial charge in [0.05, 0.1) is 4.90 Å². The van der Waals surface area contributed by atoms with Crippen molar-refractivity contribution in [1.82, 2.24) is 9.73 Å². The topological polar surface area (TPSA) is 78.8 Å².